The number of alkyl halides is 2. The Balaban J connectivity index is 1.89. The third-order valence-corrected chi connectivity index (χ3v) is 3.01. The van der Waals surface area contributed by atoms with Crippen molar-refractivity contribution in [1.82, 2.24) is 0 Å². The third-order valence-electron chi connectivity index (χ3n) is 2.64. The van der Waals surface area contributed by atoms with E-state index in [9.17, 15) is 8.78 Å². The average Bonchev–Trinajstić information content (AvgIpc) is 2.46. The van der Waals surface area contributed by atoms with Crippen molar-refractivity contribution >= 4 is 17.8 Å². The number of rotatable bonds is 5. The molecule has 0 aliphatic heterocycles. The third kappa shape index (κ3) is 4.03. The number of nitrogens with zero attached hydrogens (tertiary/aromatic N) is 1. The van der Waals surface area contributed by atoms with Crippen LogP contribution >= 0.6 is 11.6 Å². The quantitative estimate of drug-likeness (QED) is 0.572. The lowest BCUT2D eigenvalue weighted by atomic mass is 10.1. The molecule has 0 N–H and O–H groups in total. The van der Waals surface area contributed by atoms with E-state index in [1.54, 1.807) is 18.2 Å². The summed E-state index contributed by atoms with van der Waals surface area (Å²) in [6.45, 7) is 0.255. The van der Waals surface area contributed by atoms with Gasteiger partial charge in [0.25, 0.3) is 6.43 Å². The predicted octanol–water partition coefficient (Wildman–Crippen LogP) is 4.83. The van der Waals surface area contributed by atoms with Crippen LogP contribution in [0.2, 0.25) is 5.02 Å². The van der Waals surface area contributed by atoms with Crippen LogP contribution < -0.4 is 0 Å². The monoisotopic (exact) mass is 295 g/mol. The van der Waals surface area contributed by atoms with Crippen LogP contribution in [0, 0.1) is 0 Å². The Bertz CT molecular complexity index is 585. The Morgan fingerprint density at radius 1 is 1.10 bits per heavy atom. The molecular formula is C15H12ClF2NO. The molecule has 2 nitrogen and oxygen atoms in total. The molecule has 0 bridgehead atoms. The Hall–Kier alpha value is -1.94. The molecule has 0 heterocycles. The van der Waals surface area contributed by atoms with Crippen molar-refractivity contribution in [3.63, 3.8) is 0 Å². The maximum Gasteiger partial charge on any atom is 0.263 e. The van der Waals surface area contributed by atoms with Crippen LogP contribution in [0.15, 0.2) is 53.7 Å². The Kier molecular flexibility index (Phi) is 5.07. The molecule has 104 valence electrons. The molecule has 0 atom stereocenters. The van der Waals surface area contributed by atoms with E-state index < -0.39 is 6.43 Å². The minimum Gasteiger partial charge on any atom is -0.391 e. The summed E-state index contributed by atoms with van der Waals surface area (Å²) in [5, 5.41) is 4.40. The fourth-order valence-corrected chi connectivity index (χ4v) is 1.74. The molecule has 0 saturated heterocycles. The molecule has 0 aliphatic carbocycles. The average molecular weight is 296 g/mol. The second-order valence-corrected chi connectivity index (χ2v) is 4.47. The summed E-state index contributed by atoms with van der Waals surface area (Å²) >= 11 is 5.96. The molecule has 0 saturated carbocycles. The van der Waals surface area contributed by atoms with Gasteiger partial charge in [-0.15, -0.1) is 0 Å². The summed E-state index contributed by atoms with van der Waals surface area (Å²) in [6, 6.07) is 13.1. The molecule has 20 heavy (non-hydrogen) atoms. The SMILES string of the molecule is FC(F)c1ccc(C=NOCc2ccccc2Cl)cc1. The number of halogens is 3. The summed E-state index contributed by atoms with van der Waals surface area (Å²) in [5.74, 6) is 0. The van der Waals surface area contributed by atoms with Gasteiger partial charge in [-0.3, -0.25) is 0 Å². The highest BCUT2D eigenvalue weighted by atomic mass is 35.5. The lowest BCUT2D eigenvalue weighted by Crippen LogP contribution is -1.90. The normalized spacial score (nSPS) is 11.2. The summed E-state index contributed by atoms with van der Waals surface area (Å²) in [7, 11) is 0. The topological polar surface area (TPSA) is 21.6 Å². The van der Waals surface area contributed by atoms with Gasteiger partial charge < -0.3 is 4.84 Å². The highest BCUT2D eigenvalue weighted by molar-refractivity contribution is 6.31. The number of hydrogen-bond donors (Lipinski definition) is 0. The number of benzene rings is 2. The minimum absolute atomic E-state index is 0.0147. The summed E-state index contributed by atoms with van der Waals surface area (Å²) < 4.78 is 24.7. The van der Waals surface area contributed by atoms with Crippen LogP contribution in [-0.4, -0.2) is 6.21 Å². The lowest BCUT2D eigenvalue weighted by Gasteiger charge is -2.02. The van der Waals surface area contributed by atoms with Crippen LogP contribution in [-0.2, 0) is 11.4 Å². The van der Waals surface area contributed by atoms with Gasteiger partial charge in [-0.2, -0.15) is 0 Å². The standard InChI is InChI=1S/C15H12ClF2NO/c16-14-4-2-1-3-13(14)10-20-19-9-11-5-7-12(8-6-11)15(17)18/h1-9,15H,10H2. The Labute approximate surface area is 120 Å². The van der Waals surface area contributed by atoms with Gasteiger partial charge in [0.1, 0.15) is 6.61 Å². The van der Waals surface area contributed by atoms with Gasteiger partial charge in [0, 0.05) is 16.1 Å². The highest BCUT2D eigenvalue weighted by Crippen LogP contribution is 2.18. The van der Waals surface area contributed by atoms with E-state index in [1.807, 2.05) is 18.2 Å². The smallest absolute Gasteiger partial charge is 0.263 e. The molecule has 0 unspecified atom stereocenters. The zero-order valence-electron chi connectivity index (χ0n) is 10.5. The second kappa shape index (κ2) is 7.01. The second-order valence-electron chi connectivity index (χ2n) is 4.07. The van der Waals surface area contributed by atoms with Gasteiger partial charge in [-0.25, -0.2) is 8.78 Å². The zero-order valence-corrected chi connectivity index (χ0v) is 11.2. The first-order valence-electron chi connectivity index (χ1n) is 5.93. The summed E-state index contributed by atoms with van der Waals surface area (Å²) in [6.07, 6.45) is -0.996. The molecular weight excluding hydrogens is 284 g/mol. The fourth-order valence-electron chi connectivity index (χ4n) is 1.55. The first-order valence-corrected chi connectivity index (χ1v) is 6.31. The van der Waals surface area contributed by atoms with E-state index in [-0.39, 0.29) is 12.2 Å². The molecule has 2 rings (SSSR count). The molecule has 2 aromatic carbocycles. The first-order chi connectivity index (χ1) is 9.66. The largest absolute Gasteiger partial charge is 0.391 e. The van der Waals surface area contributed by atoms with Crippen LogP contribution in [0.5, 0.6) is 0 Å². The van der Waals surface area contributed by atoms with Gasteiger partial charge in [0.05, 0.1) is 6.21 Å². The highest BCUT2D eigenvalue weighted by Gasteiger charge is 2.05. The van der Waals surface area contributed by atoms with Crippen LogP contribution in [0.3, 0.4) is 0 Å². The van der Waals surface area contributed by atoms with E-state index >= 15 is 0 Å². The Morgan fingerprint density at radius 3 is 2.45 bits per heavy atom. The van der Waals surface area contributed by atoms with Crippen molar-refractivity contribution < 1.29 is 13.6 Å². The number of hydrogen-bond acceptors (Lipinski definition) is 2. The van der Waals surface area contributed by atoms with Crippen LogP contribution in [0.1, 0.15) is 23.1 Å². The van der Waals surface area contributed by atoms with Crippen molar-refractivity contribution in [2.24, 2.45) is 5.16 Å². The number of oxime groups is 1. The summed E-state index contributed by atoms with van der Waals surface area (Å²) in [5.41, 5.74) is 1.51. The maximum atomic E-state index is 12.4. The predicted molar refractivity (Wildman–Crippen MR) is 75.2 cm³/mol. The molecule has 0 spiro atoms. The van der Waals surface area contributed by atoms with Gasteiger partial charge in [-0.05, 0) is 11.6 Å². The van der Waals surface area contributed by atoms with Gasteiger partial charge in [0.15, 0.2) is 0 Å². The molecule has 0 amide bonds. The van der Waals surface area contributed by atoms with Crippen molar-refractivity contribution in [2.75, 3.05) is 0 Å². The van der Waals surface area contributed by atoms with E-state index in [1.165, 1.54) is 18.3 Å². The van der Waals surface area contributed by atoms with Gasteiger partial charge in [0.2, 0.25) is 0 Å². The van der Waals surface area contributed by atoms with E-state index in [4.69, 9.17) is 16.4 Å². The van der Waals surface area contributed by atoms with Crippen LogP contribution in [0.4, 0.5) is 8.78 Å². The van der Waals surface area contributed by atoms with Crippen molar-refractivity contribution in [3.8, 4) is 0 Å². The van der Waals surface area contributed by atoms with E-state index in [2.05, 4.69) is 5.16 Å². The first kappa shape index (κ1) is 14.5. The van der Waals surface area contributed by atoms with Gasteiger partial charge in [-0.1, -0.05) is 59.2 Å². The fraction of sp³-hybridized carbons (Fsp3) is 0.133. The molecule has 2 aromatic rings. The van der Waals surface area contributed by atoms with Crippen molar-refractivity contribution in [2.45, 2.75) is 13.0 Å². The van der Waals surface area contributed by atoms with Crippen LogP contribution in [0.25, 0.3) is 0 Å². The van der Waals surface area contributed by atoms with Crippen molar-refractivity contribution in [1.29, 1.82) is 0 Å². The summed E-state index contributed by atoms with van der Waals surface area (Å²) in [4.78, 5) is 5.12. The maximum absolute atomic E-state index is 12.4. The van der Waals surface area contributed by atoms with E-state index in [0.29, 0.717) is 10.6 Å². The Morgan fingerprint density at radius 2 is 1.80 bits per heavy atom. The zero-order chi connectivity index (χ0) is 14.4. The molecule has 0 radical (unpaired) electrons. The molecule has 0 aromatic heterocycles. The van der Waals surface area contributed by atoms with Crippen molar-refractivity contribution in [3.05, 3.63) is 70.2 Å². The van der Waals surface area contributed by atoms with Gasteiger partial charge >= 0.3 is 0 Å². The minimum atomic E-state index is -2.46. The van der Waals surface area contributed by atoms with E-state index in [0.717, 1.165) is 5.56 Å². The molecule has 0 aliphatic rings. The molecule has 0 fully saturated rings. The lowest BCUT2D eigenvalue weighted by molar-refractivity contribution is 0.132. The molecule has 5 heteroatoms.